The molecule has 0 saturated carbocycles. The molecule has 0 spiro atoms. The number of nitrogen functional groups attached to an aromatic ring is 1. The van der Waals surface area contributed by atoms with Gasteiger partial charge in [0, 0.05) is 5.69 Å². The summed E-state index contributed by atoms with van der Waals surface area (Å²) in [5, 5.41) is 2.47. The van der Waals surface area contributed by atoms with Gasteiger partial charge >= 0.3 is 0 Å². The van der Waals surface area contributed by atoms with Crippen LogP contribution in [0.2, 0.25) is 0 Å². The Hall–Kier alpha value is -2.04. The van der Waals surface area contributed by atoms with Crippen LogP contribution in [0, 0.1) is 6.92 Å². The monoisotopic (exact) mass is 221 g/mol. The molecule has 16 heavy (non-hydrogen) atoms. The number of carbonyl (C=O) groups excluding carboxylic acids is 2. The van der Waals surface area contributed by atoms with E-state index in [1.165, 1.54) is 6.92 Å². The molecule has 0 heterocycles. The first-order valence-corrected chi connectivity index (χ1v) is 4.88. The zero-order valence-electron chi connectivity index (χ0n) is 9.28. The Bertz CT molecular complexity index is 429. The lowest BCUT2D eigenvalue weighted by molar-refractivity contribution is -0.119. The largest absolute Gasteiger partial charge is 0.398 e. The van der Waals surface area contributed by atoms with Crippen molar-refractivity contribution in [3.8, 4) is 0 Å². The number of primary amides is 1. The van der Waals surface area contributed by atoms with Gasteiger partial charge in [-0.25, -0.2) is 0 Å². The molecule has 0 aliphatic heterocycles. The number of hydrogen-bond acceptors (Lipinski definition) is 3. The molecule has 86 valence electrons. The average molecular weight is 221 g/mol. The van der Waals surface area contributed by atoms with Gasteiger partial charge in [0.1, 0.15) is 6.04 Å². The second kappa shape index (κ2) is 4.65. The van der Waals surface area contributed by atoms with E-state index in [-0.39, 0.29) is 0 Å². The first-order chi connectivity index (χ1) is 7.43. The summed E-state index contributed by atoms with van der Waals surface area (Å²) in [6.45, 7) is 3.33. The maximum absolute atomic E-state index is 11.7. The van der Waals surface area contributed by atoms with Crippen molar-refractivity contribution >= 4 is 17.5 Å². The number of carbonyl (C=O) groups is 2. The predicted octanol–water partition coefficient (Wildman–Crippen LogP) is 0.181. The van der Waals surface area contributed by atoms with Gasteiger partial charge in [-0.2, -0.15) is 0 Å². The minimum Gasteiger partial charge on any atom is -0.398 e. The lowest BCUT2D eigenvalue weighted by Gasteiger charge is -2.12. The second-order valence-corrected chi connectivity index (χ2v) is 3.63. The van der Waals surface area contributed by atoms with Crippen LogP contribution in [0.15, 0.2) is 18.2 Å². The Morgan fingerprint density at radius 2 is 2.00 bits per heavy atom. The summed E-state index contributed by atoms with van der Waals surface area (Å²) < 4.78 is 0. The molecule has 5 heteroatoms. The number of nitrogens with two attached hydrogens (primary N) is 2. The lowest BCUT2D eigenvalue weighted by atomic mass is 10.1. The fourth-order valence-electron chi connectivity index (χ4n) is 1.22. The van der Waals surface area contributed by atoms with Crippen molar-refractivity contribution in [2.45, 2.75) is 19.9 Å². The highest BCUT2D eigenvalue weighted by atomic mass is 16.2. The Balaban J connectivity index is 2.89. The van der Waals surface area contributed by atoms with Gasteiger partial charge in [-0.05, 0) is 25.5 Å². The van der Waals surface area contributed by atoms with Gasteiger partial charge in [0.25, 0.3) is 5.91 Å². The van der Waals surface area contributed by atoms with Gasteiger partial charge in [-0.15, -0.1) is 0 Å². The molecular weight excluding hydrogens is 206 g/mol. The van der Waals surface area contributed by atoms with Crippen LogP contribution in [-0.2, 0) is 4.79 Å². The van der Waals surface area contributed by atoms with Crippen molar-refractivity contribution in [1.82, 2.24) is 5.32 Å². The number of hydrogen-bond donors (Lipinski definition) is 3. The highest BCUT2D eigenvalue weighted by Gasteiger charge is 2.15. The lowest BCUT2D eigenvalue weighted by Crippen LogP contribution is -2.42. The van der Waals surface area contributed by atoms with Crippen LogP contribution >= 0.6 is 0 Å². The standard InChI is InChI=1S/C11H15N3O2/c1-6-4-3-5-8(9(6)12)11(16)14-7(2)10(13)15/h3-5,7H,12H2,1-2H3,(H2,13,15)(H,14,16). The SMILES string of the molecule is Cc1cccc(C(=O)NC(C)C(N)=O)c1N. The van der Waals surface area contributed by atoms with Crippen LogP contribution in [0.3, 0.4) is 0 Å². The molecule has 0 aliphatic rings. The van der Waals surface area contributed by atoms with Crippen molar-refractivity contribution in [2.75, 3.05) is 5.73 Å². The van der Waals surface area contributed by atoms with E-state index in [0.717, 1.165) is 5.56 Å². The highest BCUT2D eigenvalue weighted by molar-refractivity contribution is 6.01. The Labute approximate surface area is 93.8 Å². The molecule has 0 fully saturated rings. The molecule has 5 nitrogen and oxygen atoms in total. The van der Waals surface area contributed by atoms with Crippen molar-refractivity contribution in [3.05, 3.63) is 29.3 Å². The van der Waals surface area contributed by atoms with Crippen molar-refractivity contribution in [3.63, 3.8) is 0 Å². The first-order valence-electron chi connectivity index (χ1n) is 4.88. The molecule has 1 atom stereocenters. The fraction of sp³-hybridized carbons (Fsp3) is 0.273. The summed E-state index contributed by atoms with van der Waals surface area (Å²) in [5.74, 6) is -0.980. The minimum atomic E-state index is -0.715. The third-order valence-corrected chi connectivity index (χ3v) is 2.34. The van der Waals surface area contributed by atoms with Crippen LogP contribution in [0.4, 0.5) is 5.69 Å². The minimum absolute atomic E-state index is 0.355. The summed E-state index contributed by atoms with van der Waals surface area (Å²) >= 11 is 0. The maximum Gasteiger partial charge on any atom is 0.254 e. The molecule has 0 bridgehead atoms. The third-order valence-electron chi connectivity index (χ3n) is 2.34. The van der Waals surface area contributed by atoms with Gasteiger partial charge in [0.2, 0.25) is 5.91 Å². The molecule has 5 N–H and O–H groups in total. The fourth-order valence-corrected chi connectivity index (χ4v) is 1.22. The molecule has 1 aromatic carbocycles. The number of anilines is 1. The van der Waals surface area contributed by atoms with Crippen LogP contribution in [0.1, 0.15) is 22.8 Å². The predicted molar refractivity (Wildman–Crippen MR) is 61.7 cm³/mol. The molecule has 1 unspecified atom stereocenters. The Morgan fingerprint density at radius 3 is 2.56 bits per heavy atom. The van der Waals surface area contributed by atoms with E-state index < -0.39 is 17.9 Å². The maximum atomic E-state index is 11.7. The number of amides is 2. The van der Waals surface area contributed by atoms with Gasteiger partial charge in [0.05, 0.1) is 5.56 Å². The van der Waals surface area contributed by atoms with E-state index in [1.807, 2.05) is 13.0 Å². The summed E-state index contributed by atoms with van der Waals surface area (Å²) in [5.41, 5.74) is 12.4. The van der Waals surface area contributed by atoms with Gasteiger partial charge in [-0.3, -0.25) is 9.59 Å². The van der Waals surface area contributed by atoms with E-state index in [2.05, 4.69) is 5.32 Å². The van der Waals surface area contributed by atoms with Crippen molar-refractivity contribution in [2.24, 2.45) is 5.73 Å². The molecule has 2 amide bonds. The third kappa shape index (κ3) is 2.50. The molecular formula is C11H15N3O2. The van der Waals surface area contributed by atoms with Crippen molar-refractivity contribution < 1.29 is 9.59 Å². The molecule has 1 aromatic rings. The second-order valence-electron chi connectivity index (χ2n) is 3.63. The normalized spacial score (nSPS) is 11.9. The van der Waals surface area contributed by atoms with Crippen molar-refractivity contribution in [1.29, 1.82) is 0 Å². The van der Waals surface area contributed by atoms with Crippen LogP contribution in [0.25, 0.3) is 0 Å². The molecule has 0 aromatic heterocycles. The summed E-state index contributed by atoms with van der Waals surface area (Å²) in [7, 11) is 0. The van der Waals surface area contributed by atoms with E-state index in [9.17, 15) is 9.59 Å². The van der Waals surface area contributed by atoms with Crippen LogP contribution < -0.4 is 16.8 Å². The number of benzene rings is 1. The summed E-state index contributed by atoms with van der Waals surface area (Å²) in [4.78, 5) is 22.5. The first kappa shape index (κ1) is 12.0. The van der Waals surface area contributed by atoms with Crippen LogP contribution in [0.5, 0.6) is 0 Å². The number of nitrogens with one attached hydrogen (secondary N) is 1. The molecule has 0 radical (unpaired) electrons. The molecule has 1 rings (SSSR count). The Kier molecular flexibility index (Phi) is 3.50. The Morgan fingerprint density at radius 1 is 1.38 bits per heavy atom. The quantitative estimate of drug-likeness (QED) is 0.635. The van der Waals surface area contributed by atoms with E-state index in [1.54, 1.807) is 12.1 Å². The number of para-hydroxylation sites is 1. The summed E-state index contributed by atoms with van der Waals surface area (Å²) in [6.07, 6.45) is 0. The van der Waals surface area contributed by atoms with Gasteiger partial charge in [-0.1, -0.05) is 12.1 Å². The topological polar surface area (TPSA) is 98.2 Å². The smallest absolute Gasteiger partial charge is 0.254 e. The van der Waals surface area contributed by atoms with Crippen LogP contribution in [-0.4, -0.2) is 17.9 Å². The van der Waals surface area contributed by atoms with E-state index in [4.69, 9.17) is 11.5 Å². The van der Waals surface area contributed by atoms with Gasteiger partial charge in [0.15, 0.2) is 0 Å². The molecule has 0 saturated heterocycles. The zero-order valence-corrected chi connectivity index (χ0v) is 9.28. The van der Waals surface area contributed by atoms with E-state index >= 15 is 0 Å². The number of aryl methyl sites for hydroxylation is 1. The van der Waals surface area contributed by atoms with E-state index in [0.29, 0.717) is 11.3 Å². The molecule has 0 aliphatic carbocycles. The van der Waals surface area contributed by atoms with Gasteiger partial charge < -0.3 is 16.8 Å². The number of rotatable bonds is 3. The highest BCUT2D eigenvalue weighted by Crippen LogP contribution is 2.16. The summed E-state index contributed by atoms with van der Waals surface area (Å²) in [6, 6.07) is 4.43. The average Bonchev–Trinajstić information content (AvgIpc) is 2.21. The zero-order chi connectivity index (χ0) is 12.3.